The molecule has 0 fully saturated rings. The van der Waals surface area contributed by atoms with E-state index in [-0.39, 0.29) is 6.10 Å². The first-order valence-corrected chi connectivity index (χ1v) is 5.16. The summed E-state index contributed by atoms with van der Waals surface area (Å²) in [5, 5.41) is 0. The Morgan fingerprint density at radius 3 is 2.29 bits per heavy atom. The summed E-state index contributed by atoms with van der Waals surface area (Å²) in [5.74, 6) is 0.459. The average Bonchev–Trinajstić information content (AvgIpc) is 2.15. The first-order valence-electron chi connectivity index (χ1n) is 5.16. The van der Waals surface area contributed by atoms with Crippen LogP contribution in [0.15, 0.2) is 18.2 Å². The summed E-state index contributed by atoms with van der Waals surface area (Å²) in [6, 6.07) is 6.61. The molecule has 78 valence electrons. The van der Waals surface area contributed by atoms with Crippen LogP contribution in [-0.4, -0.2) is 13.2 Å². The molecule has 2 atom stereocenters. The summed E-state index contributed by atoms with van der Waals surface area (Å²) in [5.41, 5.74) is 4.08. The maximum Gasteiger partial charge on any atom is 0.0609 e. The molecule has 0 N–H and O–H groups in total. The molecule has 1 nitrogen and oxygen atoms in total. The van der Waals surface area contributed by atoms with Crippen molar-refractivity contribution in [1.29, 1.82) is 0 Å². The summed E-state index contributed by atoms with van der Waals surface area (Å²) in [4.78, 5) is 0. The third kappa shape index (κ3) is 2.36. The molecular formula is C13H20O. The Hall–Kier alpha value is -0.820. The van der Waals surface area contributed by atoms with Crippen molar-refractivity contribution in [3.8, 4) is 0 Å². The Balaban J connectivity index is 2.95. The molecule has 1 rings (SSSR count). The third-order valence-electron chi connectivity index (χ3n) is 2.99. The Morgan fingerprint density at radius 2 is 1.79 bits per heavy atom. The zero-order valence-corrected chi connectivity index (χ0v) is 9.79. The van der Waals surface area contributed by atoms with E-state index < -0.39 is 0 Å². The van der Waals surface area contributed by atoms with Gasteiger partial charge in [0.15, 0.2) is 0 Å². The van der Waals surface area contributed by atoms with Crippen molar-refractivity contribution in [1.82, 2.24) is 0 Å². The first-order chi connectivity index (χ1) is 6.56. The molecule has 1 aromatic rings. The van der Waals surface area contributed by atoms with Crippen LogP contribution in [0, 0.1) is 13.8 Å². The summed E-state index contributed by atoms with van der Waals surface area (Å²) in [6.45, 7) is 8.62. The van der Waals surface area contributed by atoms with Crippen LogP contribution in [0.1, 0.15) is 36.5 Å². The van der Waals surface area contributed by atoms with Crippen LogP contribution in [0.5, 0.6) is 0 Å². The molecule has 0 spiro atoms. The van der Waals surface area contributed by atoms with Crippen molar-refractivity contribution in [2.24, 2.45) is 0 Å². The van der Waals surface area contributed by atoms with E-state index in [1.807, 2.05) is 0 Å². The van der Waals surface area contributed by atoms with Crippen LogP contribution in [-0.2, 0) is 4.74 Å². The average molecular weight is 192 g/mol. The minimum Gasteiger partial charge on any atom is -0.381 e. The van der Waals surface area contributed by atoms with Gasteiger partial charge in [-0.2, -0.15) is 0 Å². The second-order valence-electron chi connectivity index (χ2n) is 4.09. The summed E-state index contributed by atoms with van der Waals surface area (Å²) >= 11 is 0. The van der Waals surface area contributed by atoms with E-state index >= 15 is 0 Å². The molecule has 1 aromatic carbocycles. The van der Waals surface area contributed by atoms with Gasteiger partial charge in [0.25, 0.3) is 0 Å². The lowest BCUT2D eigenvalue weighted by Gasteiger charge is -2.20. The van der Waals surface area contributed by atoms with Crippen LogP contribution in [0.2, 0.25) is 0 Å². The van der Waals surface area contributed by atoms with Gasteiger partial charge in [-0.3, -0.25) is 0 Å². The van der Waals surface area contributed by atoms with E-state index in [1.54, 1.807) is 7.11 Å². The lowest BCUT2D eigenvalue weighted by molar-refractivity contribution is 0.0989. The highest BCUT2D eigenvalue weighted by atomic mass is 16.5. The van der Waals surface area contributed by atoms with Crippen molar-refractivity contribution >= 4 is 0 Å². The monoisotopic (exact) mass is 192 g/mol. The van der Waals surface area contributed by atoms with Crippen molar-refractivity contribution in [3.05, 3.63) is 34.9 Å². The van der Waals surface area contributed by atoms with Gasteiger partial charge >= 0.3 is 0 Å². The smallest absolute Gasteiger partial charge is 0.0609 e. The van der Waals surface area contributed by atoms with Gasteiger partial charge in [0.05, 0.1) is 6.10 Å². The number of methoxy groups -OCH3 is 1. The minimum atomic E-state index is 0.274. The van der Waals surface area contributed by atoms with Gasteiger partial charge in [-0.05, 0) is 31.9 Å². The van der Waals surface area contributed by atoms with E-state index in [2.05, 4.69) is 45.9 Å². The van der Waals surface area contributed by atoms with Crippen molar-refractivity contribution in [2.45, 2.75) is 39.7 Å². The summed E-state index contributed by atoms with van der Waals surface area (Å²) < 4.78 is 5.35. The molecule has 0 bridgehead atoms. The van der Waals surface area contributed by atoms with Gasteiger partial charge in [0, 0.05) is 13.0 Å². The van der Waals surface area contributed by atoms with Gasteiger partial charge in [-0.15, -0.1) is 0 Å². The molecule has 0 saturated heterocycles. The van der Waals surface area contributed by atoms with E-state index in [9.17, 15) is 0 Å². The van der Waals surface area contributed by atoms with Crippen LogP contribution in [0.3, 0.4) is 0 Å². The Kier molecular flexibility index (Phi) is 3.70. The van der Waals surface area contributed by atoms with Gasteiger partial charge < -0.3 is 4.74 Å². The molecule has 14 heavy (non-hydrogen) atoms. The quantitative estimate of drug-likeness (QED) is 0.712. The van der Waals surface area contributed by atoms with Crippen molar-refractivity contribution in [3.63, 3.8) is 0 Å². The van der Waals surface area contributed by atoms with Crippen molar-refractivity contribution < 1.29 is 4.74 Å². The SMILES string of the molecule is CO[C@@H](C)[C@@H](C)c1ccc(C)cc1C. The standard InChI is InChI=1S/C13H20O/c1-9-6-7-13(10(2)8-9)11(3)12(4)14-5/h6-8,11-12H,1-5H3/t11-,12+/m1/s1. The van der Waals surface area contributed by atoms with Crippen LogP contribution in [0.25, 0.3) is 0 Å². The molecule has 0 unspecified atom stereocenters. The highest BCUT2D eigenvalue weighted by molar-refractivity contribution is 5.33. The number of hydrogen-bond acceptors (Lipinski definition) is 1. The fourth-order valence-electron chi connectivity index (χ4n) is 1.79. The lowest BCUT2D eigenvalue weighted by atomic mass is 9.91. The van der Waals surface area contributed by atoms with Gasteiger partial charge in [-0.1, -0.05) is 30.7 Å². The molecule has 1 heteroatoms. The highest BCUT2D eigenvalue weighted by Gasteiger charge is 2.15. The minimum absolute atomic E-state index is 0.274. The molecule has 0 heterocycles. The fraction of sp³-hybridized carbons (Fsp3) is 0.538. The van der Waals surface area contributed by atoms with Crippen LogP contribution < -0.4 is 0 Å². The normalized spacial score (nSPS) is 15.2. The molecule has 0 aliphatic rings. The Labute approximate surface area is 87.1 Å². The molecule has 0 aromatic heterocycles. The topological polar surface area (TPSA) is 9.23 Å². The first kappa shape index (κ1) is 11.3. The molecule has 0 aliphatic carbocycles. The number of ether oxygens (including phenoxy) is 1. The Bertz CT molecular complexity index is 304. The fourth-order valence-corrected chi connectivity index (χ4v) is 1.79. The number of benzene rings is 1. The molecular weight excluding hydrogens is 172 g/mol. The number of hydrogen-bond donors (Lipinski definition) is 0. The van der Waals surface area contributed by atoms with E-state index in [4.69, 9.17) is 4.74 Å². The predicted octanol–water partition coefficient (Wildman–Crippen LogP) is 3.44. The highest BCUT2D eigenvalue weighted by Crippen LogP contribution is 2.24. The maximum atomic E-state index is 5.35. The molecule has 0 aliphatic heterocycles. The Morgan fingerprint density at radius 1 is 1.14 bits per heavy atom. The molecule has 0 amide bonds. The zero-order chi connectivity index (χ0) is 10.7. The van der Waals surface area contributed by atoms with Crippen LogP contribution in [0.4, 0.5) is 0 Å². The largest absolute Gasteiger partial charge is 0.381 e. The summed E-state index contributed by atoms with van der Waals surface area (Å²) in [6.07, 6.45) is 0.274. The van der Waals surface area contributed by atoms with E-state index in [0.29, 0.717) is 5.92 Å². The van der Waals surface area contributed by atoms with Crippen LogP contribution >= 0.6 is 0 Å². The molecule has 0 saturated carbocycles. The van der Waals surface area contributed by atoms with E-state index in [1.165, 1.54) is 16.7 Å². The third-order valence-corrected chi connectivity index (χ3v) is 2.99. The maximum absolute atomic E-state index is 5.35. The summed E-state index contributed by atoms with van der Waals surface area (Å²) in [7, 11) is 1.77. The van der Waals surface area contributed by atoms with Crippen molar-refractivity contribution in [2.75, 3.05) is 7.11 Å². The number of rotatable bonds is 3. The zero-order valence-electron chi connectivity index (χ0n) is 9.79. The lowest BCUT2D eigenvalue weighted by Crippen LogP contribution is -2.15. The predicted molar refractivity (Wildman–Crippen MR) is 60.8 cm³/mol. The number of aryl methyl sites for hydroxylation is 2. The van der Waals surface area contributed by atoms with Gasteiger partial charge in [-0.25, -0.2) is 0 Å². The van der Waals surface area contributed by atoms with Gasteiger partial charge in [0.1, 0.15) is 0 Å². The molecule has 0 radical (unpaired) electrons. The second-order valence-corrected chi connectivity index (χ2v) is 4.09. The van der Waals surface area contributed by atoms with Gasteiger partial charge in [0.2, 0.25) is 0 Å². The van der Waals surface area contributed by atoms with E-state index in [0.717, 1.165) is 0 Å². The second kappa shape index (κ2) is 4.61.